The highest BCUT2D eigenvalue weighted by Gasteiger charge is 2.30. The number of aromatic nitrogens is 4. The van der Waals surface area contributed by atoms with Crippen molar-refractivity contribution in [3.63, 3.8) is 0 Å². The van der Waals surface area contributed by atoms with Crippen LogP contribution in [0.2, 0.25) is 0 Å². The molecule has 0 saturated carbocycles. The van der Waals surface area contributed by atoms with Crippen molar-refractivity contribution in [2.24, 2.45) is 7.05 Å². The minimum absolute atomic E-state index is 0.0231. The zero-order valence-corrected chi connectivity index (χ0v) is 14.9. The number of aryl methyl sites for hydroxylation is 2. The van der Waals surface area contributed by atoms with E-state index in [1.54, 1.807) is 16.7 Å². The van der Waals surface area contributed by atoms with Crippen LogP contribution in [0, 0.1) is 13.8 Å². The van der Waals surface area contributed by atoms with Crippen molar-refractivity contribution in [3.8, 4) is 0 Å². The highest BCUT2D eigenvalue weighted by atomic mass is 16.1. The van der Waals surface area contributed by atoms with Crippen LogP contribution in [-0.4, -0.2) is 30.6 Å². The van der Waals surface area contributed by atoms with Crippen LogP contribution in [0.25, 0.3) is 5.65 Å². The van der Waals surface area contributed by atoms with E-state index in [-0.39, 0.29) is 5.56 Å². The quantitative estimate of drug-likeness (QED) is 0.736. The maximum absolute atomic E-state index is 12.3. The lowest BCUT2D eigenvalue weighted by molar-refractivity contribution is 0.244. The zero-order chi connectivity index (χ0) is 17.6. The molecule has 0 amide bonds. The molecule has 0 N–H and O–H groups in total. The first-order valence-electron chi connectivity index (χ1n) is 8.76. The lowest BCUT2D eigenvalue weighted by Gasteiger charge is -2.24. The predicted octanol–water partition coefficient (Wildman–Crippen LogP) is 2.38. The molecule has 0 radical (unpaired) electrons. The molecule has 0 unspecified atom stereocenters. The average molecular weight is 337 g/mol. The monoisotopic (exact) mass is 337 g/mol. The van der Waals surface area contributed by atoms with E-state index < -0.39 is 0 Å². The molecule has 0 aliphatic carbocycles. The molecule has 3 aromatic rings. The largest absolute Gasteiger partial charge is 0.290 e. The fourth-order valence-electron chi connectivity index (χ4n) is 4.01. The summed E-state index contributed by atoms with van der Waals surface area (Å²) in [7, 11) is 2.00. The highest BCUT2D eigenvalue weighted by molar-refractivity contribution is 5.38. The molecular weight excluding hydrogens is 314 g/mol. The van der Waals surface area contributed by atoms with Gasteiger partial charge in [0.05, 0.1) is 11.4 Å². The Bertz CT molecular complexity index is 987. The summed E-state index contributed by atoms with van der Waals surface area (Å²) >= 11 is 0. The molecule has 1 fully saturated rings. The summed E-state index contributed by atoms with van der Waals surface area (Å²) in [5.74, 6) is 0. The average Bonchev–Trinajstić information content (AvgIpc) is 3.12. The molecule has 1 aliphatic heterocycles. The minimum atomic E-state index is -0.0231. The first kappa shape index (κ1) is 16.0. The van der Waals surface area contributed by atoms with Gasteiger partial charge in [-0.3, -0.25) is 18.8 Å². The third-order valence-electron chi connectivity index (χ3n) is 5.25. The van der Waals surface area contributed by atoms with Crippen LogP contribution in [0.5, 0.6) is 0 Å². The fourth-order valence-corrected chi connectivity index (χ4v) is 4.01. The highest BCUT2D eigenvalue weighted by Crippen LogP contribution is 2.36. The molecule has 1 aliphatic rings. The number of rotatable bonds is 3. The van der Waals surface area contributed by atoms with Crippen molar-refractivity contribution in [1.29, 1.82) is 0 Å². The second-order valence-electron chi connectivity index (χ2n) is 6.85. The van der Waals surface area contributed by atoms with Gasteiger partial charge in [-0.1, -0.05) is 6.07 Å². The topological polar surface area (TPSA) is 55.4 Å². The Morgan fingerprint density at radius 1 is 1.28 bits per heavy atom. The summed E-state index contributed by atoms with van der Waals surface area (Å²) in [6, 6.07) is 7.64. The van der Waals surface area contributed by atoms with E-state index in [2.05, 4.69) is 28.8 Å². The second kappa shape index (κ2) is 6.11. The number of likely N-dealkylation sites (tertiary alicyclic amines) is 1. The van der Waals surface area contributed by atoms with Crippen LogP contribution in [0.15, 0.2) is 35.3 Å². The molecule has 1 saturated heterocycles. The molecule has 4 rings (SSSR count). The van der Waals surface area contributed by atoms with Crippen molar-refractivity contribution in [3.05, 3.63) is 63.5 Å². The Balaban J connectivity index is 1.67. The van der Waals surface area contributed by atoms with Crippen molar-refractivity contribution < 1.29 is 0 Å². The first-order valence-corrected chi connectivity index (χ1v) is 8.76. The van der Waals surface area contributed by atoms with Gasteiger partial charge in [-0.2, -0.15) is 5.10 Å². The van der Waals surface area contributed by atoms with Gasteiger partial charge in [0.15, 0.2) is 0 Å². The molecule has 0 bridgehead atoms. The van der Waals surface area contributed by atoms with Crippen LogP contribution in [0.3, 0.4) is 0 Å². The normalized spacial score (nSPS) is 18.3. The molecule has 0 spiro atoms. The lowest BCUT2D eigenvalue weighted by Crippen LogP contribution is -2.26. The third-order valence-corrected chi connectivity index (χ3v) is 5.25. The summed E-state index contributed by atoms with van der Waals surface area (Å²) in [4.78, 5) is 19.4. The molecule has 6 nitrogen and oxygen atoms in total. The van der Waals surface area contributed by atoms with Crippen LogP contribution in [0.4, 0.5) is 0 Å². The van der Waals surface area contributed by atoms with Crippen LogP contribution in [0.1, 0.15) is 41.5 Å². The molecular formula is C19H23N5O. The van der Waals surface area contributed by atoms with E-state index in [9.17, 15) is 4.79 Å². The van der Waals surface area contributed by atoms with Gasteiger partial charge < -0.3 is 0 Å². The van der Waals surface area contributed by atoms with Crippen molar-refractivity contribution in [2.45, 2.75) is 39.3 Å². The van der Waals surface area contributed by atoms with Crippen LogP contribution < -0.4 is 5.56 Å². The van der Waals surface area contributed by atoms with Gasteiger partial charge in [0.2, 0.25) is 0 Å². The Morgan fingerprint density at radius 3 is 2.88 bits per heavy atom. The number of nitrogens with zero attached hydrogens (tertiary/aromatic N) is 5. The number of fused-ring (bicyclic) bond motifs is 1. The predicted molar refractivity (Wildman–Crippen MR) is 96.5 cm³/mol. The molecule has 25 heavy (non-hydrogen) atoms. The third kappa shape index (κ3) is 2.76. The summed E-state index contributed by atoms with van der Waals surface area (Å²) in [6.45, 7) is 5.93. The van der Waals surface area contributed by atoms with Gasteiger partial charge in [-0.15, -0.1) is 0 Å². The minimum Gasteiger partial charge on any atom is -0.290 e. The zero-order valence-electron chi connectivity index (χ0n) is 14.9. The first-order chi connectivity index (χ1) is 12.0. The van der Waals surface area contributed by atoms with Gasteiger partial charge in [-0.25, -0.2) is 4.98 Å². The number of hydrogen-bond acceptors (Lipinski definition) is 4. The van der Waals surface area contributed by atoms with Crippen LogP contribution >= 0.6 is 0 Å². The van der Waals surface area contributed by atoms with E-state index in [0.717, 1.165) is 30.8 Å². The number of hydrogen-bond donors (Lipinski definition) is 0. The van der Waals surface area contributed by atoms with E-state index in [0.29, 0.717) is 18.2 Å². The Morgan fingerprint density at radius 2 is 2.12 bits per heavy atom. The van der Waals surface area contributed by atoms with Gasteiger partial charge in [-0.05, 0) is 45.4 Å². The van der Waals surface area contributed by atoms with Gasteiger partial charge in [0, 0.05) is 43.2 Å². The van der Waals surface area contributed by atoms with E-state index in [1.807, 2.05) is 29.9 Å². The summed E-state index contributed by atoms with van der Waals surface area (Å²) < 4.78 is 3.54. The van der Waals surface area contributed by atoms with E-state index in [4.69, 9.17) is 0 Å². The second-order valence-corrected chi connectivity index (χ2v) is 6.85. The molecule has 130 valence electrons. The summed E-state index contributed by atoms with van der Waals surface area (Å²) in [5.41, 5.74) is 5.17. The van der Waals surface area contributed by atoms with E-state index >= 15 is 0 Å². The molecule has 3 aromatic heterocycles. The smallest absolute Gasteiger partial charge is 0.258 e. The Kier molecular flexibility index (Phi) is 3.92. The summed E-state index contributed by atoms with van der Waals surface area (Å²) in [5, 5.41) is 4.57. The maximum atomic E-state index is 12.3. The number of pyridine rings is 1. The SMILES string of the molecule is Cc1nn(C)c(C)c1[C@H]1CCCN1Cc1cc(=O)n2ccccc2n1. The van der Waals surface area contributed by atoms with Crippen LogP contribution in [-0.2, 0) is 13.6 Å². The van der Waals surface area contributed by atoms with Gasteiger partial charge in [0.1, 0.15) is 5.65 Å². The standard InChI is InChI=1S/C19H23N5O/c1-13-19(14(2)22(3)21-13)16-7-6-9-23(16)12-15-11-18(25)24-10-5-4-8-17(24)20-15/h4-5,8,10-11,16H,6-7,9,12H2,1-3H3/t16-/m1/s1. The van der Waals surface area contributed by atoms with Crippen molar-refractivity contribution in [1.82, 2.24) is 24.1 Å². The van der Waals surface area contributed by atoms with Gasteiger partial charge >= 0.3 is 0 Å². The maximum Gasteiger partial charge on any atom is 0.258 e. The molecule has 4 heterocycles. The van der Waals surface area contributed by atoms with Crippen molar-refractivity contribution >= 4 is 5.65 Å². The summed E-state index contributed by atoms with van der Waals surface area (Å²) in [6.07, 6.45) is 4.04. The lowest BCUT2D eigenvalue weighted by atomic mass is 10.0. The molecule has 1 atom stereocenters. The van der Waals surface area contributed by atoms with E-state index in [1.165, 1.54) is 11.3 Å². The Hall–Kier alpha value is -2.47. The van der Waals surface area contributed by atoms with Gasteiger partial charge in [0.25, 0.3) is 5.56 Å². The van der Waals surface area contributed by atoms with Crippen molar-refractivity contribution in [2.75, 3.05) is 6.54 Å². The molecule has 6 heteroatoms. The Labute approximate surface area is 146 Å². The molecule has 0 aromatic carbocycles. The fraction of sp³-hybridized carbons (Fsp3) is 0.421.